The number of carbonyl (C=O) groups excluding carboxylic acids is 1. The molecule has 1 fully saturated rings. The minimum absolute atomic E-state index is 0.0691. The molecule has 2 aliphatic heterocycles. The third kappa shape index (κ3) is 3.62. The highest BCUT2D eigenvalue weighted by Gasteiger charge is 2.31. The van der Waals surface area contributed by atoms with E-state index in [1.807, 2.05) is 6.07 Å². The summed E-state index contributed by atoms with van der Waals surface area (Å²) < 4.78 is 15.2. The SMILES string of the molecule is CC(C)N1CCc2nc3cc([C@@H]4CCCCN4C(=O)c4cccc(F)c4)[nH]n3c(=O)c2C1. The van der Waals surface area contributed by atoms with Gasteiger partial charge in [0, 0.05) is 43.7 Å². The number of hydrogen-bond donors (Lipinski definition) is 1. The summed E-state index contributed by atoms with van der Waals surface area (Å²) in [6.07, 6.45) is 3.42. The third-order valence-electron chi connectivity index (χ3n) is 6.74. The van der Waals surface area contributed by atoms with Gasteiger partial charge in [-0.2, -0.15) is 0 Å². The fourth-order valence-electron chi connectivity index (χ4n) is 4.92. The van der Waals surface area contributed by atoms with Gasteiger partial charge in [-0.1, -0.05) is 6.07 Å². The molecule has 1 N–H and O–H groups in total. The van der Waals surface area contributed by atoms with E-state index in [2.05, 4.69) is 23.8 Å². The molecule has 7 nitrogen and oxygen atoms in total. The van der Waals surface area contributed by atoms with Gasteiger partial charge in [-0.15, -0.1) is 0 Å². The molecule has 0 spiro atoms. The summed E-state index contributed by atoms with van der Waals surface area (Å²) in [5.41, 5.74) is 3.27. The maximum absolute atomic E-state index is 13.7. The quantitative estimate of drug-likeness (QED) is 0.682. The number of likely N-dealkylation sites (tertiary alicyclic amines) is 1. The van der Waals surface area contributed by atoms with Crippen molar-refractivity contribution in [3.63, 3.8) is 0 Å². The average Bonchev–Trinajstić information content (AvgIpc) is 3.23. The molecule has 0 aliphatic carbocycles. The molecule has 168 valence electrons. The van der Waals surface area contributed by atoms with Crippen LogP contribution >= 0.6 is 0 Å². The molecule has 3 aromatic rings. The summed E-state index contributed by atoms with van der Waals surface area (Å²) in [5, 5.41) is 3.23. The number of amides is 1. The second kappa shape index (κ2) is 8.16. The van der Waals surface area contributed by atoms with Crippen molar-refractivity contribution >= 4 is 11.6 Å². The third-order valence-corrected chi connectivity index (χ3v) is 6.74. The van der Waals surface area contributed by atoms with E-state index < -0.39 is 5.82 Å². The predicted molar refractivity (Wildman–Crippen MR) is 119 cm³/mol. The first kappa shape index (κ1) is 20.9. The molecule has 0 unspecified atom stereocenters. The van der Waals surface area contributed by atoms with Crippen molar-refractivity contribution in [2.24, 2.45) is 0 Å². The molecule has 1 saturated heterocycles. The number of aromatic nitrogens is 3. The maximum atomic E-state index is 13.7. The van der Waals surface area contributed by atoms with Gasteiger partial charge >= 0.3 is 0 Å². The Bertz CT molecular complexity index is 1230. The Hall–Kier alpha value is -3.00. The van der Waals surface area contributed by atoms with Crippen molar-refractivity contribution in [3.05, 3.63) is 69.0 Å². The molecular weight excluding hydrogens is 409 g/mol. The van der Waals surface area contributed by atoms with Crippen LogP contribution in [0.4, 0.5) is 4.39 Å². The van der Waals surface area contributed by atoms with Crippen LogP contribution in [0.1, 0.15) is 66.5 Å². The molecule has 0 radical (unpaired) electrons. The zero-order valence-corrected chi connectivity index (χ0v) is 18.5. The maximum Gasteiger partial charge on any atom is 0.277 e. The van der Waals surface area contributed by atoms with E-state index in [4.69, 9.17) is 4.98 Å². The number of aromatic amines is 1. The van der Waals surface area contributed by atoms with E-state index in [0.717, 1.165) is 49.2 Å². The lowest BCUT2D eigenvalue weighted by atomic mass is 9.98. The molecular formula is C24H28FN5O2. The number of benzene rings is 1. The number of H-pyrrole nitrogens is 1. The largest absolute Gasteiger partial charge is 0.330 e. The van der Waals surface area contributed by atoms with Gasteiger partial charge in [-0.25, -0.2) is 13.9 Å². The predicted octanol–water partition coefficient (Wildman–Crippen LogP) is 3.30. The second-order valence-corrected chi connectivity index (χ2v) is 9.08. The van der Waals surface area contributed by atoms with Gasteiger partial charge in [0.15, 0.2) is 5.65 Å². The monoisotopic (exact) mass is 437 g/mol. The van der Waals surface area contributed by atoms with Gasteiger partial charge < -0.3 is 4.90 Å². The normalized spacial score (nSPS) is 19.5. The van der Waals surface area contributed by atoms with Crippen LogP contribution in [0.3, 0.4) is 0 Å². The van der Waals surface area contributed by atoms with Gasteiger partial charge in [-0.05, 0) is 51.3 Å². The standard InChI is InChI=1S/C24H28FN5O2/c1-15(2)28-11-9-19-18(14-28)24(32)30-22(26-19)13-20(27-30)21-8-3-4-10-29(21)23(31)16-6-5-7-17(25)12-16/h5-7,12-13,15,21,27H,3-4,8-11,14H2,1-2H3/t21-/m0/s1. The molecule has 1 amide bonds. The summed E-state index contributed by atoms with van der Waals surface area (Å²) in [5.74, 6) is -0.619. The van der Waals surface area contributed by atoms with Crippen LogP contribution in [0.2, 0.25) is 0 Å². The molecule has 5 rings (SSSR count). The van der Waals surface area contributed by atoms with Crippen LogP contribution in [0.5, 0.6) is 0 Å². The first-order valence-electron chi connectivity index (χ1n) is 11.4. The fraction of sp³-hybridized carbons (Fsp3) is 0.458. The van der Waals surface area contributed by atoms with Crippen LogP contribution in [0.25, 0.3) is 5.65 Å². The van der Waals surface area contributed by atoms with E-state index in [0.29, 0.717) is 30.3 Å². The summed E-state index contributed by atoms with van der Waals surface area (Å²) in [6, 6.07) is 7.86. The first-order chi connectivity index (χ1) is 15.4. The van der Waals surface area contributed by atoms with Gasteiger partial charge in [0.25, 0.3) is 11.5 Å². The number of nitrogens with zero attached hydrogens (tertiary/aromatic N) is 4. The number of hydrogen-bond acceptors (Lipinski definition) is 4. The van der Waals surface area contributed by atoms with E-state index >= 15 is 0 Å². The summed E-state index contributed by atoms with van der Waals surface area (Å²) in [6.45, 7) is 6.35. The highest BCUT2D eigenvalue weighted by Crippen LogP contribution is 2.32. The second-order valence-electron chi connectivity index (χ2n) is 9.08. The van der Waals surface area contributed by atoms with Gasteiger partial charge in [0.1, 0.15) is 5.82 Å². The Morgan fingerprint density at radius 3 is 2.84 bits per heavy atom. The van der Waals surface area contributed by atoms with Crippen LogP contribution in [-0.2, 0) is 13.0 Å². The van der Waals surface area contributed by atoms with E-state index in [1.54, 1.807) is 17.0 Å². The average molecular weight is 438 g/mol. The number of carbonyl (C=O) groups is 1. The van der Waals surface area contributed by atoms with Crippen molar-refractivity contribution in [1.29, 1.82) is 0 Å². The number of rotatable bonds is 3. The molecule has 2 aliphatic rings. The Morgan fingerprint density at radius 2 is 2.06 bits per heavy atom. The molecule has 0 bridgehead atoms. The lowest BCUT2D eigenvalue weighted by Crippen LogP contribution is -2.40. The Morgan fingerprint density at radius 1 is 1.22 bits per heavy atom. The van der Waals surface area contributed by atoms with Crippen molar-refractivity contribution in [1.82, 2.24) is 24.4 Å². The molecule has 4 heterocycles. The zero-order chi connectivity index (χ0) is 22.4. The summed E-state index contributed by atoms with van der Waals surface area (Å²) >= 11 is 0. The van der Waals surface area contributed by atoms with E-state index in [1.165, 1.54) is 16.6 Å². The molecule has 1 aromatic carbocycles. The molecule has 8 heteroatoms. The van der Waals surface area contributed by atoms with Gasteiger partial charge in [0.05, 0.1) is 23.0 Å². The number of fused-ring (bicyclic) bond motifs is 2. The minimum Gasteiger partial charge on any atom is -0.330 e. The summed E-state index contributed by atoms with van der Waals surface area (Å²) in [7, 11) is 0. The van der Waals surface area contributed by atoms with Crippen molar-refractivity contribution in [2.75, 3.05) is 13.1 Å². The lowest BCUT2D eigenvalue weighted by Gasteiger charge is -2.35. The van der Waals surface area contributed by atoms with Gasteiger partial charge in [-0.3, -0.25) is 19.6 Å². The van der Waals surface area contributed by atoms with Crippen LogP contribution in [-0.4, -0.2) is 49.4 Å². The topological polar surface area (TPSA) is 73.7 Å². The Labute approximate surface area is 185 Å². The van der Waals surface area contributed by atoms with E-state index in [9.17, 15) is 14.0 Å². The Balaban J connectivity index is 1.51. The smallest absolute Gasteiger partial charge is 0.277 e. The molecule has 0 saturated carbocycles. The lowest BCUT2D eigenvalue weighted by molar-refractivity contribution is 0.0605. The van der Waals surface area contributed by atoms with E-state index in [-0.39, 0.29) is 17.5 Å². The zero-order valence-electron chi connectivity index (χ0n) is 18.5. The minimum atomic E-state index is -0.424. The van der Waals surface area contributed by atoms with Crippen LogP contribution in [0, 0.1) is 5.82 Å². The highest BCUT2D eigenvalue weighted by atomic mass is 19.1. The molecule has 2 aromatic heterocycles. The summed E-state index contributed by atoms with van der Waals surface area (Å²) in [4.78, 5) is 35.3. The van der Waals surface area contributed by atoms with Crippen molar-refractivity contribution in [2.45, 2.75) is 58.2 Å². The first-order valence-corrected chi connectivity index (χ1v) is 11.4. The van der Waals surface area contributed by atoms with Crippen LogP contribution < -0.4 is 5.56 Å². The van der Waals surface area contributed by atoms with Gasteiger partial charge in [0.2, 0.25) is 0 Å². The molecule has 1 atom stereocenters. The Kier molecular flexibility index (Phi) is 5.33. The number of halogens is 1. The van der Waals surface area contributed by atoms with Crippen molar-refractivity contribution < 1.29 is 9.18 Å². The molecule has 32 heavy (non-hydrogen) atoms. The number of piperidine rings is 1. The van der Waals surface area contributed by atoms with Crippen LogP contribution in [0.15, 0.2) is 35.1 Å². The fourth-order valence-corrected chi connectivity index (χ4v) is 4.92. The number of nitrogens with one attached hydrogen (secondary N) is 1. The highest BCUT2D eigenvalue weighted by molar-refractivity contribution is 5.94. The van der Waals surface area contributed by atoms with Crippen molar-refractivity contribution in [3.8, 4) is 0 Å².